The molecule has 0 aromatic heterocycles. The molecule has 0 radical (unpaired) electrons. The molecule has 0 aliphatic carbocycles. The van der Waals surface area contributed by atoms with Crippen LogP contribution in [0.15, 0.2) is 22.7 Å². The second-order valence-electron chi connectivity index (χ2n) is 5.79. The zero-order chi connectivity index (χ0) is 13.3. The minimum Gasteiger partial charge on any atom is -0.327 e. The van der Waals surface area contributed by atoms with Crippen LogP contribution in [0.3, 0.4) is 0 Å². The molecule has 108 valence electrons. The molecule has 1 aliphatic heterocycles. The highest BCUT2D eigenvalue weighted by Crippen LogP contribution is 2.30. The van der Waals surface area contributed by atoms with Crippen molar-refractivity contribution in [2.24, 2.45) is 11.1 Å². The van der Waals surface area contributed by atoms with Crippen molar-refractivity contribution in [2.45, 2.75) is 32.9 Å². The van der Waals surface area contributed by atoms with Crippen LogP contribution in [0.2, 0.25) is 0 Å². The number of nitrogens with zero attached hydrogens (tertiary/aromatic N) is 1. The van der Waals surface area contributed by atoms with Gasteiger partial charge in [-0.2, -0.15) is 0 Å². The fourth-order valence-corrected chi connectivity index (χ4v) is 2.99. The third-order valence-electron chi connectivity index (χ3n) is 3.83. The van der Waals surface area contributed by atoms with Crippen LogP contribution in [0.5, 0.6) is 0 Å². The van der Waals surface area contributed by atoms with Crippen molar-refractivity contribution in [3.05, 3.63) is 34.1 Å². The van der Waals surface area contributed by atoms with Crippen LogP contribution < -0.4 is 5.73 Å². The molecule has 1 atom stereocenters. The van der Waals surface area contributed by atoms with E-state index in [9.17, 15) is 4.39 Å². The van der Waals surface area contributed by atoms with E-state index >= 15 is 0 Å². The van der Waals surface area contributed by atoms with Crippen molar-refractivity contribution in [3.8, 4) is 0 Å². The third kappa shape index (κ3) is 3.91. The van der Waals surface area contributed by atoms with E-state index < -0.39 is 0 Å². The SMILES string of the molecule is CC1(C)CN(Cc2c(F)cccc2Br)CCC1N.Cl. The number of benzene rings is 1. The number of hydrogen-bond acceptors (Lipinski definition) is 2. The van der Waals surface area contributed by atoms with E-state index in [1.165, 1.54) is 6.07 Å². The summed E-state index contributed by atoms with van der Waals surface area (Å²) in [6, 6.07) is 5.36. The first-order valence-electron chi connectivity index (χ1n) is 6.31. The van der Waals surface area contributed by atoms with Crippen molar-refractivity contribution in [2.75, 3.05) is 13.1 Å². The molecule has 0 spiro atoms. The zero-order valence-corrected chi connectivity index (χ0v) is 13.7. The van der Waals surface area contributed by atoms with Gasteiger partial charge in [0.1, 0.15) is 5.82 Å². The minimum absolute atomic E-state index is 0. The van der Waals surface area contributed by atoms with E-state index in [2.05, 4.69) is 34.7 Å². The van der Waals surface area contributed by atoms with Crippen LogP contribution in [-0.2, 0) is 6.54 Å². The van der Waals surface area contributed by atoms with E-state index in [1.807, 2.05) is 6.07 Å². The highest BCUT2D eigenvalue weighted by atomic mass is 79.9. The highest BCUT2D eigenvalue weighted by Gasteiger charge is 2.33. The maximum Gasteiger partial charge on any atom is 0.128 e. The Bertz CT molecular complexity index is 419. The monoisotopic (exact) mass is 350 g/mol. The quantitative estimate of drug-likeness (QED) is 0.882. The summed E-state index contributed by atoms with van der Waals surface area (Å²) in [5.74, 6) is -0.142. The molecule has 1 aromatic rings. The number of likely N-dealkylation sites (tertiary alicyclic amines) is 1. The maximum absolute atomic E-state index is 13.8. The lowest BCUT2D eigenvalue weighted by Gasteiger charge is -2.42. The molecule has 2 N–H and O–H groups in total. The molecule has 0 saturated carbocycles. The molecule has 0 bridgehead atoms. The Hall–Kier alpha value is -0.160. The van der Waals surface area contributed by atoms with Crippen molar-refractivity contribution in [3.63, 3.8) is 0 Å². The Morgan fingerprint density at radius 1 is 1.47 bits per heavy atom. The lowest BCUT2D eigenvalue weighted by Crippen LogP contribution is -2.52. The Kier molecular flexibility index (Phi) is 5.80. The number of nitrogens with two attached hydrogens (primary N) is 1. The maximum atomic E-state index is 13.8. The van der Waals surface area contributed by atoms with Gasteiger partial charge in [-0.15, -0.1) is 12.4 Å². The molecular weight excluding hydrogens is 331 g/mol. The van der Waals surface area contributed by atoms with Gasteiger partial charge < -0.3 is 5.73 Å². The molecule has 1 saturated heterocycles. The number of rotatable bonds is 2. The Balaban J connectivity index is 0.00000180. The minimum atomic E-state index is -0.142. The van der Waals surface area contributed by atoms with Gasteiger partial charge in [-0.05, 0) is 24.0 Å². The van der Waals surface area contributed by atoms with Crippen molar-refractivity contribution >= 4 is 28.3 Å². The van der Waals surface area contributed by atoms with Crippen LogP contribution in [0.25, 0.3) is 0 Å². The van der Waals surface area contributed by atoms with Crippen LogP contribution in [0.4, 0.5) is 4.39 Å². The second kappa shape index (κ2) is 6.53. The molecule has 5 heteroatoms. The molecule has 19 heavy (non-hydrogen) atoms. The fraction of sp³-hybridized carbons (Fsp3) is 0.571. The number of halogens is 3. The van der Waals surface area contributed by atoms with Crippen molar-refractivity contribution < 1.29 is 4.39 Å². The molecule has 1 aromatic carbocycles. The number of hydrogen-bond donors (Lipinski definition) is 1. The predicted octanol–water partition coefficient (Wildman–Crippen LogP) is 3.57. The molecule has 1 fully saturated rings. The summed E-state index contributed by atoms with van der Waals surface area (Å²) < 4.78 is 14.6. The van der Waals surface area contributed by atoms with Gasteiger partial charge in [-0.1, -0.05) is 35.8 Å². The van der Waals surface area contributed by atoms with E-state index in [1.54, 1.807) is 6.07 Å². The topological polar surface area (TPSA) is 29.3 Å². The van der Waals surface area contributed by atoms with Crippen molar-refractivity contribution in [1.29, 1.82) is 0 Å². The third-order valence-corrected chi connectivity index (χ3v) is 4.58. The Morgan fingerprint density at radius 3 is 2.74 bits per heavy atom. The molecule has 1 heterocycles. The number of piperidine rings is 1. The lowest BCUT2D eigenvalue weighted by atomic mass is 9.79. The van der Waals surface area contributed by atoms with Crippen molar-refractivity contribution in [1.82, 2.24) is 4.90 Å². The normalized spacial score (nSPS) is 22.9. The predicted molar refractivity (Wildman–Crippen MR) is 83.0 cm³/mol. The summed E-state index contributed by atoms with van der Waals surface area (Å²) in [4.78, 5) is 2.28. The molecule has 1 aliphatic rings. The van der Waals surface area contributed by atoms with Gasteiger partial charge in [0.25, 0.3) is 0 Å². The molecule has 2 nitrogen and oxygen atoms in total. The molecular formula is C14H21BrClFN2. The van der Waals surface area contributed by atoms with E-state index in [0.29, 0.717) is 6.54 Å². The molecule has 1 unspecified atom stereocenters. The van der Waals surface area contributed by atoms with E-state index in [-0.39, 0.29) is 29.7 Å². The Morgan fingerprint density at radius 2 is 2.16 bits per heavy atom. The summed E-state index contributed by atoms with van der Waals surface area (Å²) in [7, 11) is 0. The van der Waals surface area contributed by atoms with E-state index in [0.717, 1.165) is 29.5 Å². The highest BCUT2D eigenvalue weighted by molar-refractivity contribution is 9.10. The Labute approximate surface area is 129 Å². The van der Waals surface area contributed by atoms with Crippen LogP contribution >= 0.6 is 28.3 Å². The van der Waals surface area contributed by atoms with Gasteiger partial charge in [-0.3, -0.25) is 4.90 Å². The molecule has 0 amide bonds. The standard InChI is InChI=1S/C14H20BrFN2.ClH/c1-14(2)9-18(7-6-13(14)17)8-10-11(15)4-3-5-12(10)16;/h3-5,13H,6-9,17H2,1-2H3;1H. The first-order chi connectivity index (χ1) is 8.40. The first kappa shape index (κ1) is 16.9. The van der Waals surface area contributed by atoms with Gasteiger partial charge in [0, 0.05) is 35.7 Å². The van der Waals surface area contributed by atoms with Crippen LogP contribution in [0, 0.1) is 11.2 Å². The van der Waals surface area contributed by atoms with E-state index in [4.69, 9.17) is 5.73 Å². The second-order valence-corrected chi connectivity index (χ2v) is 6.65. The average Bonchev–Trinajstić information content (AvgIpc) is 2.28. The summed E-state index contributed by atoms with van der Waals surface area (Å²) >= 11 is 3.42. The van der Waals surface area contributed by atoms with Crippen LogP contribution in [-0.4, -0.2) is 24.0 Å². The summed E-state index contributed by atoms with van der Waals surface area (Å²) in [5, 5.41) is 0. The lowest BCUT2D eigenvalue weighted by molar-refractivity contribution is 0.0888. The van der Waals surface area contributed by atoms with Crippen LogP contribution in [0.1, 0.15) is 25.8 Å². The largest absolute Gasteiger partial charge is 0.327 e. The molecule has 2 rings (SSSR count). The van der Waals surface area contributed by atoms with Gasteiger partial charge in [0.15, 0.2) is 0 Å². The van der Waals surface area contributed by atoms with Gasteiger partial charge in [0.2, 0.25) is 0 Å². The fourth-order valence-electron chi connectivity index (χ4n) is 2.53. The average molecular weight is 352 g/mol. The smallest absolute Gasteiger partial charge is 0.128 e. The van der Waals surface area contributed by atoms with Gasteiger partial charge in [-0.25, -0.2) is 4.39 Å². The summed E-state index contributed by atoms with van der Waals surface area (Å²) in [5.41, 5.74) is 6.95. The summed E-state index contributed by atoms with van der Waals surface area (Å²) in [6.45, 7) is 6.85. The summed E-state index contributed by atoms with van der Waals surface area (Å²) in [6.07, 6.45) is 0.971. The van der Waals surface area contributed by atoms with Gasteiger partial charge >= 0.3 is 0 Å². The van der Waals surface area contributed by atoms with Gasteiger partial charge in [0.05, 0.1) is 0 Å². The first-order valence-corrected chi connectivity index (χ1v) is 7.10. The zero-order valence-electron chi connectivity index (χ0n) is 11.3.